The van der Waals surface area contributed by atoms with E-state index in [0.717, 1.165) is 12.3 Å². The Kier molecular flexibility index (Phi) is 3.13. The molecule has 0 aromatic rings. The third-order valence-corrected chi connectivity index (χ3v) is 3.12. The lowest BCUT2D eigenvalue weighted by Crippen LogP contribution is -2.20. The average molecular weight is 172 g/mol. The summed E-state index contributed by atoms with van der Waals surface area (Å²) in [5, 5.41) is 9.09. The smallest absolute Gasteiger partial charge is 0.117 e. The van der Waals surface area contributed by atoms with Crippen molar-refractivity contribution in [3.63, 3.8) is 0 Å². The second-order valence-corrected chi connectivity index (χ2v) is 4.04. The predicted molar refractivity (Wildman–Crippen MR) is 49.1 cm³/mol. The van der Waals surface area contributed by atoms with Gasteiger partial charge in [0.1, 0.15) is 5.60 Å². The maximum absolute atomic E-state index is 9.09. The lowest BCUT2D eigenvalue weighted by molar-refractivity contribution is 0.157. The van der Waals surface area contributed by atoms with Gasteiger partial charge in [-0.25, -0.2) is 0 Å². The molecule has 0 spiro atoms. The lowest BCUT2D eigenvalue weighted by Gasteiger charge is -2.12. The minimum Gasteiger partial charge on any atom is -0.393 e. The zero-order valence-electron chi connectivity index (χ0n) is 8.34. The van der Waals surface area contributed by atoms with E-state index in [1.807, 2.05) is 6.92 Å². The average Bonchev–Trinajstić information content (AvgIpc) is 2.74. The molecule has 3 unspecified atom stereocenters. The highest BCUT2D eigenvalue weighted by atomic mass is 16.6. The van der Waals surface area contributed by atoms with Gasteiger partial charge in [-0.2, -0.15) is 0 Å². The first-order chi connectivity index (χ1) is 5.64. The predicted octanol–water partition coefficient (Wildman–Crippen LogP) is 1.96. The summed E-state index contributed by atoms with van der Waals surface area (Å²) < 4.78 is 5.40. The molecule has 0 bridgehead atoms. The summed E-state index contributed by atoms with van der Waals surface area (Å²) in [6, 6.07) is 0. The minimum atomic E-state index is -0.163. The summed E-state index contributed by atoms with van der Waals surface area (Å²) in [6.07, 6.45) is 3.67. The van der Waals surface area contributed by atoms with Crippen molar-refractivity contribution in [1.29, 1.82) is 0 Å². The van der Waals surface area contributed by atoms with Gasteiger partial charge in [0.15, 0.2) is 0 Å². The Bertz CT molecular complexity index is 143. The molecular weight excluding hydrogens is 152 g/mol. The second-order valence-electron chi connectivity index (χ2n) is 4.04. The number of hydrogen-bond acceptors (Lipinski definition) is 2. The molecule has 3 atom stereocenters. The number of aliphatic hydroxyl groups is 1. The normalized spacial score (nSPS) is 36.5. The van der Waals surface area contributed by atoms with E-state index in [0.29, 0.717) is 0 Å². The van der Waals surface area contributed by atoms with Gasteiger partial charge < -0.3 is 9.84 Å². The molecule has 1 saturated heterocycles. The molecule has 0 amide bonds. The molecule has 1 N–H and O–H groups in total. The molecule has 1 fully saturated rings. The molecule has 12 heavy (non-hydrogen) atoms. The van der Waals surface area contributed by atoms with Gasteiger partial charge in [-0.3, -0.25) is 0 Å². The molecule has 2 nitrogen and oxygen atoms in total. The Labute approximate surface area is 74.9 Å². The fourth-order valence-corrected chi connectivity index (χ4v) is 1.52. The highest BCUT2D eigenvalue weighted by Crippen LogP contribution is 2.40. The van der Waals surface area contributed by atoms with Gasteiger partial charge in [0.25, 0.3) is 0 Å². The van der Waals surface area contributed by atoms with Crippen LogP contribution < -0.4 is 0 Å². The van der Waals surface area contributed by atoms with Crippen molar-refractivity contribution in [3.05, 3.63) is 0 Å². The molecule has 1 aliphatic heterocycles. The fourth-order valence-electron chi connectivity index (χ4n) is 1.52. The Balaban J connectivity index is 2.22. The minimum absolute atomic E-state index is 0.163. The van der Waals surface area contributed by atoms with Gasteiger partial charge in [0, 0.05) is 0 Å². The standard InChI is InChI=1S/C10H20O2/c1-4-8(2)5-6-10(7-11)9(3)12-10/h8-9,11H,4-7H2,1-3H3. The lowest BCUT2D eigenvalue weighted by atomic mass is 9.94. The van der Waals surface area contributed by atoms with Crippen LogP contribution >= 0.6 is 0 Å². The zero-order valence-corrected chi connectivity index (χ0v) is 8.34. The van der Waals surface area contributed by atoms with E-state index in [1.165, 1.54) is 12.8 Å². The van der Waals surface area contributed by atoms with Crippen molar-refractivity contribution in [3.8, 4) is 0 Å². The first-order valence-corrected chi connectivity index (χ1v) is 4.93. The zero-order chi connectivity index (χ0) is 9.19. The summed E-state index contributed by atoms with van der Waals surface area (Å²) in [5.74, 6) is 0.754. The van der Waals surface area contributed by atoms with Crippen molar-refractivity contribution in [2.45, 2.75) is 51.7 Å². The van der Waals surface area contributed by atoms with Gasteiger partial charge in [-0.15, -0.1) is 0 Å². The molecule has 1 aliphatic rings. The summed E-state index contributed by atoms with van der Waals surface area (Å²) in [6.45, 7) is 6.67. The topological polar surface area (TPSA) is 32.8 Å². The fraction of sp³-hybridized carbons (Fsp3) is 1.00. The van der Waals surface area contributed by atoms with E-state index in [-0.39, 0.29) is 18.3 Å². The SMILES string of the molecule is CCC(C)CCC1(CO)OC1C. The van der Waals surface area contributed by atoms with Crippen molar-refractivity contribution in [2.24, 2.45) is 5.92 Å². The molecular formula is C10H20O2. The third kappa shape index (κ3) is 1.99. The Morgan fingerprint density at radius 1 is 1.58 bits per heavy atom. The van der Waals surface area contributed by atoms with Crippen molar-refractivity contribution in [1.82, 2.24) is 0 Å². The molecule has 0 radical (unpaired) electrons. The molecule has 1 heterocycles. The molecule has 0 saturated carbocycles. The van der Waals surface area contributed by atoms with Crippen LogP contribution in [0.25, 0.3) is 0 Å². The maximum atomic E-state index is 9.09. The van der Waals surface area contributed by atoms with Gasteiger partial charge in [-0.05, 0) is 25.7 Å². The largest absolute Gasteiger partial charge is 0.393 e. The van der Waals surface area contributed by atoms with E-state index in [4.69, 9.17) is 9.84 Å². The van der Waals surface area contributed by atoms with Crippen LogP contribution in [0.5, 0.6) is 0 Å². The van der Waals surface area contributed by atoms with Crippen molar-refractivity contribution in [2.75, 3.05) is 6.61 Å². The number of aliphatic hydroxyl groups excluding tert-OH is 1. The van der Waals surface area contributed by atoms with Crippen LogP contribution in [0, 0.1) is 5.92 Å². The summed E-state index contributed by atoms with van der Waals surface area (Å²) >= 11 is 0. The number of rotatable bonds is 5. The monoisotopic (exact) mass is 172 g/mol. The van der Waals surface area contributed by atoms with Crippen LogP contribution in [-0.2, 0) is 4.74 Å². The highest BCUT2D eigenvalue weighted by Gasteiger charge is 2.52. The van der Waals surface area contributed by atoms with Crippen LogP contribution in [-0.4, -0.2) is 23.4 Å². The van der Waals surface area contributed by atoms with E-state index >= 15 is 0 Å². The van der Waals surface area contributed by atoms with E-state index in [9.17, 15) is 0 Å². The maximum Gasteiger partial charge on any atom is 0.117 e. The number of ether oxygens (including phenoxy) is 1. The molecule has 0 aliphatic carbocycles. The molecule has 2 heteroatoms. The highest BCUT2D eigenvalue weighted by molar-refractivity contribution is 4.99. The van der Waals surface area contributed by atoms with Crippen LogP contribution in [0.3, 0.4) is 0 Å². The van der Waals surface area contributed by atoms with Gasteiger partial charge in [0.05, 0.1) is 12.7 Å². The number of epoxide rings is 1. The third-order valence-electron chi connectivity index (χ3n) is 3.12. The summed E-state index contributed by atoms with van der Waals surface area (Å²) in [5.41, 5.74) is -0.163. The van der Waals surface area contributed by atoms with E-state index in [2.05, 4.69) is 13.8 Å². The Morgan fingerprint density at radius 2 is 2.17 bits per heavy atom. The molecule has 72 valence electrons. The number of hydrogen-bond donors (Lipinski definition) is 1. The van der Waals surface area contributed by atoms with Crippen LogP contribution in [0.1, 0.15) is 40.0 Å². The van der Waals surface area contributed by atoms with E-state index in [1.54, 1.807) is 0 Å². The van der Waals surface area contributed by atoms with Gasteiger partial charge in [0.2, 0.25) is 0 Å². The van der Waals surface area contributed by atoms with Gasteiger partial charge >= 0.3 is 0 Å². The van der Waals surface area contributed by atoms with Crippen molar-refractivity contribution >= 4 is 0 Å². The van der Waals surface area contributed by atoms with E-state index < -0.39 is 0 Å². The summed E-state index contributed by atoms with van der Waals surface area (Å²) in [7, 11) is 0. The van der Waals surface area contributed by atoms with Gasteiger partial charge in [-0.1, -0.05) is 20.3 Å². The molecule has 0 aromatic carbocycles. The molecule has 1 rings (SSSR count). The van der Waals surface area contributed by atoms with Crippen LogP contribution in [0.2, 0.25) is 0 Å². The quantitative estimate of drug-likeness (QED) is 0.643. The Hall–Kier alpha value is -0.0800. The Morgan fingerprint density at radius 3 is 2.50 bits per heavy atom. The second kappa shape index (κ2) is 3.75. The first-order valence-electron chi connectivity index (χ1n) is 4.93. The summed E-state index contributed by atoms with van der Waals surface area (Å²) in [4.78, 5) is 0. The van der Waals surface area contributed by atoms with Crippen molar-refractivity contribution < 1.29 is 9.84 Å². The first kappa shape index (κ1) is 10.0. The molecule has 0 aromatic heterocycles. The van der Waals surface area contributed by atoms with Crippen LogP contribution in [0.4, 0.5) is 0 Å². The van der Waals surface area contributed by atoms with Crippen LogP contribution in [0.15, 0.2) is 0 Å².